The van der Waals surface area contributed by atoms with Crippen LogP contribution in [0, 0.1) is 5.92 Å². The number of methoxy groups -OCH3 is 1. The van der Waals surface area contributed by atoms with Crippen molar-refractivity contribution < 1.29 is 14.3 Å². The Balaban J connectivity index is 2.58. The van der Waals surface area contributed by atoms with Crippen molar-refractivity contribution in [3.05, 3.63) is 0 Å². The predicted molar refractivity (Wildman–Crippen MR) is 68.8 cm³/mol. The van der Waals surface area contributed by atoms with Crippen molar-refractivity contribution in [2.24, 2.45) is 11.7 Å². The van der Waals surface area contributed by atoms with E-state index in [4.69, 9.17) is 5.73 Å². The lowest BCUT2D eigenvalue weighted by molar-refractivity contribution is -0.144. The highest BCUT2D eigenvalue weighted by Crippen LogP contribution is 2.21. The lowest BCUT2D eigenvalue weighted by Crippen LogP contribution is -2.45. The molecule has 2 unspecified atom stereocenters. The van der Waals surface area contributed by atoms with Gasteiger partial charge in [-0.3, -0.25) is 9.59 Å². The molecule has 18 heavy (non-hydrogen) atoms. The van der Waals surface area contributed by atoms with Crippen molar-refractivity contribution in [2.45, 2.75) is 45.1 Å². The monoisotopic (exact) mass is 256 g/mol. The third-order valence-electron chi connectivity index (χ3n) is 3.50. The molecule has 0 bridgehead atoms. The molecule has 1 fully saturated rings. The summed E-state index contributed by atoms with van der Waals surface area (Å²) in [5.41, 5.74) is 5.54. The second-order valence-electron chi connectivity index (χ2n) is 5.06. The molecule has 0 aromatic carbocycles. The van der Waals surface area contributed by atoms with E-state index >= 15 is 0 Å². The van der Waals surface area contributed by atoms with E-state index in [2.05, 4.69) is 4.74 Å². The zero-order valence-corrected chi connectivity index (χ0v) is 11.4. The molecular weight excluding hydrogens is 232 g/mol. The summed E-state index contributed by atoms with van der Waals surface area (Å²) >= 11 is 0. The molecule has 0 aliphatic carbocycles. The van der Waals surface area contributed by atoms with Crippen molar-refractivity contribution in [2.75, 3.05) is 20.2 Å². The van der Waals surface area contributed by atoms with Crippen LogP contribution in [-0.2, 0) is 14.3 Å². The number of rotatable bonds is 5. The highest BCUT2D eigenvalue weighted by Gasteiger charge is 2.29. The van der Waals surface area contributed by atoms with Gasteiger partial charge in [0.25, 0.3) is 0 Å². The third-order valence-corrected chi connectivity index (χ3v) is 3.50. The summed E-state index contributed by atoms with van der Waals surface area (Å²) in [4.78, 5) is 25.4. The predicted octanol–water partition coefficient (Wildman–Crippen LogP) is 0.915. The van der Waals surface area contributed by atoms with Gasteiger partial charge in [0.15, 0.2) is 0 Å². The Morgan fingerprint density at radius 3 is 2.78 bits per heavy atom. The number of carbonyl (C=O) groups is 2. The standard InChI is InChI=1S/C13H24N2O3/c1-10(9-14)7-12(16)15-6-4-3-5-11(15)8-13(17)18-2/h10-11H,3-9,14H2,1-2H3. The van der Waals surface area contributed by atoms with Crippen LogP contribution >= 0.6 is 0 Å². The minimum Gasteiger partial charge on any atom is -0.469 e. The summed E-state index contributed by atoms with van der Waals surface area (Å²) in [6, 6.07) is 0.00340. The van der Waals surface area contributed by atoms with Crippen LogP contribution in [0.3, 0.4) is 0 Å². The van der Waals surface area contributed by atoms with Gasteiger partial charge in [-0.25, -0.2) is 0 Å². The van der Waals surface area contributed by atoms with Gasteiger partial charge in [-0.05, 0) is 31.7 Å². The van der Waals surface area contributed by atoms with Crippen molar-refractivity contribution in [3.63, 3.8) is 0 Å². The maximum Gasteiger partial charge on any atom is 0.307 e. The first kappa shape index (κ1) is 15.0. The first-order chi connectivity index (χ1) is 8.58. The first-order valence-corrected chi connectivity index (χ1v) is 6.64. The fourth-order valence-corrected chi connectivity index (χ4v) is 2.32. The minimum absolute atomic E-state index is 0.00340. The van der Waals surface area contributed by atoms with Gasteiger partial charge in [-0.1, -0.05) is 6.92 Å². The molecule has 5 heteroatoms. The van der Waals surface area contributed by atoms with Crippen LogP contribution < -0.4 is 5.73 Å². The minimum atomic E-state index is -0.244. The number of ether oxygens (including phenoxy) is 1. The van der Waals surface area contributed by atoms with Crippen LogP contribution in [0.4, 0.5) is 0 Å². The molecule has 0 aromatic rings. The Labute approximate surface area is 109 Å². The fraction of sp³-hybridized carbons (Fsp3) is 0.846. The summed E-state index contributed by atoms with van der Waals surface area (Å²) in [6.45, 7) is 3.23. The second kappa shape index (κ2) is 7.36. The number of amides is 1. The van der Waals surface area contributed by atoms with Crippen molar-refractivity contribution in [1.29, 1.82) is 0 Å². The SMILES string of the molecule is COC(=O)CC1CCCCN1C(=O)CC(C)CN. The van der Waals surface area contributed by atoms with Crippen LogP contribution in [0.2, 0.25) is 0 Å². The molecule has 1 heterocycles. The van der Waals surface area contributed by atoms with E-state index < -0.39 is 0 Å². The van der Waals surface area contributed by atoms with Crippen LogP contribution in [0.15, 0.2) is 0 Å². The molecule has 1 aliphatic rings. The number of nitrogens with zero attached hydrogens (tertiary/aromatic N) is 1. The molecule has 0 aromatic heterocycles. The highest BCUT2D eigenvalue weighted by atomic mass is 16.5. The van der Waals surface area contributed by atoms with E-state index in [1.165, 1.54) is 7.11 Å². The number of nitrogens with two attached hydrogens (primary N) is 1. The van der Waals surface area contributed by atoms with E-state index in [-0.39, 0.29) is 23.8 Å². The summed E-state index contributed by atoms with van der Waals surface area (Å²) in [7, 11) is 1.38. The molecule has 1 amide bonds. The number of likely N-dealkylation sites (tertiary alicyclic amines) is 1. The molecule has 0 spiro atoms. The maximum absolute atomic E-state index is 12.2. The average Bonchev–Trinajstić information content (AvgIpc) is 2.38. The van der Waals surface area contributed by atoms with Gasteiger partial charge in [0.1, 0.15) is 0 Å². The molecule has 1 aliphatic heterocycles. The largest absolute Gasteiger partial charge is 0.469 e. The van der Waals surface area contributed by atoms with Crippen LogP contribution in [0.25, 0.3) is 0 Å². The number of carbonyl (C=O) groups excluding carboxylic acids is 2. The van der Waals surface area contributed by atoms with Gasteiger partial charge in [0, 0.05) is 19.0 Å². The zero-order valence-electron chi connectivity index (χ0n) is 11.4. The van der Waals surface area contributed by atoms with Gasteiger partial charge >= 0.3 is 5.97 Å². The molecule has 0 radical (unpaired) electrons. The fourth-order valence-electron chi connectivity index (χ4n) is 2.32. The summed E-state index contributed by atoms with van der Waals surface area (Å²) in [5.74, 6) is 0.0614. The van der Waals surface area contributed by atoms with E-state index in [9.17, 15) is 9.59 Å². The van der Waals surface area contributed by atoms with Crippen molar-refractivity contribution in [1.82, 2.24) is 4.90 Å². The number of esters is 1. The van der Waals surface area contributed by atoms with Crippen LogP contribution in [-0.4, -0.2) is 43.0 Å². The Morgan fingerprint density at radius 2 is 2.17 bits per heavy atom. The maximum atomic E-state index is 12.2. The third kappa shape index (κ3) is 4.29. The first-order valence-electron chi connectivity index (χ1n) is 6.64. The molecule has 0 saturated carbocycles. The van der Waals surface area contributed by atoms with E-state index in [1.54, 1.807) is 0 Å². The van der Waals surface area contributed by atoms with Gasteiger partial charge in [-0.15, -0.1) is 0 Å². The molecule has 5 nitrogen and oxygen atoms in total. The normalized spacial score (nSPS) is 21.5. The van der Waals surface area contributed by atoms with Gasteiger partial charge < -0.3 is 15.4 Å². The molecule has 104 valence electrons. The zero-order chi connectivity index (χ0) is 13.5. The topological polar surface area (TPSA) is 72.6 Å². The molecular formula is C13H24N2O3. The molecule has 1 rings (SSSR count). The number of piperidine rings is 1. The number of hydrogen-bond acceptors (Lipinski definition) is 4. The van der Waals surface area contributed by atoms with Crippen molar-refractivity contribution in [3.8, 4) is 0 Å². The van der Waals surface area contributed by atoms with Crippen LogP contribution in [0.1, 0.15) is 39.0 Å². The Bertz CT molecular complexity index is 294. The number of hydrogen-bond donors (Lipinski definition) is 1. The summed E-state index contributed by atoms with van der Waals surface area (Å²) in [6.07, 6.45) is 3.74. The average molecular weight is 256 g/mol. The highest BCUT2D eigenvalue weighted by molar-refractivity contribution is 5.78. The van der Waals surface area contributed by atoms with Crippen LogP contribution in [0.5, 0.6) is 0 Å². The molecule has 2 atom stereocenters. The van der Waals surface area contributed by atoms with Gasteiger partial charge in [-0.2, -0.15) is 0 Å². The van der Waals surface area contributed by atoms with E-state index in [1.807, 2.05) is 11.8 Å². The van der Waals surface area contributed by atoms with E-state index in [0.29, 0.717) is 19.4 Å². The smallest absolute Gasteiger partial charge is 0.307 e. The van der Waals surface area contributed by atoms with Crippen molar-refractivity contribution >= 4 is 11.9 Å². The quantitative estimate of drug-likeness (QED) is 0.742. The Kier molecular flexibility index (Phi) is 6.12. The lowest BCUT2D eigenvalue weighted by atomic mass is 9.97. The Morgan fingerprint density at radius 1 is 1.44 bits per heavy atom. The van der Waals surface area contributed by atoms with Gasteiger partial charge in [0.05, 0.1) is 13.5 Å². The summed E-state index contributed by atoms with van der Waals surface area (Å²) < 4.78 is 4.69. The molecule has 2 N–H and O–H groups in total. The van der Waals surface area contributed by atoms with E-state index in [0.717, 1.165) is 25.8 Å². The molecule has 1 saturated heterocycles. The lowest BCUT2D eigenvalue weighted by Gasteiger charge is -2.35. The Hall–Kier alpha value is -1.10. The second-order valence-corrected chi connectivity index (χ2v) is 5.06. The van der Waals surface area contributed by atoms with Gasteiger partial charge in [0.2, 0.25) is 5.91 Å². The summed E-state index contributed by atoms with van der Waals surface area (Å²) in [5, 5.41) is 0.